The van der Waals surface area contributed by atoms with Crippen LogP contribution < -0.4 is 0 Å². The highest BCUT2D eigenvalue weighted by atomic mass is 16.8. The summed E-state index contributed by atoms with van der Waals surface area (Å²) < 4.78 is 83.4. The topological polar surface area (TPSA) is 565 Å². The molecule has 0 bridgehead atoms. The first kappa shape index (κ1) is 81.6. The third-order valence-corrected chi connectivity index (χ3v) is 26.5. The predicted molar refractivity (Wildman–Crippen MR) is 342 cm³/mol. The van der Waals surface area contributed by atoms with Gasteiger partial charge in [0.05, 0.1) is 56.3 Å². The fourth-order valence-corrected chi connectivity index (χ4v) is 20.0. The van der Waals surface area contributed by atoms with Gasteiger partial charge in [-0.05, 0) is 111 Å². The minimum absolute atomic E-state index is 0.0428. The van der Waals surface area contributed by atoms with Gasteiger partial charge in [-0.25, -0.2) is 4.79 Å². The van der Waals surface area contributed by atoms with Crippen molar-refractivity contribution in [2.45, 2.75) is 322 Å². The van der Waals surface area contributed by atoms with Crippen LogP contribution in [0, 0.1) is 50.2 Å². The van der Waals surface area contributed by atoms with Crippen molar-refractivity contribution in [1.82, 2.24) is 0 Å². The zero-order valence-electron chi connectivity index (χ0n) is 59.6. The van der Waals surface area contributed by atoms with Gasteiger partial charge in [0.25, 0.3) is 0 Å². The lowest BCUT2D eigenvalue weighted by Gasteiger charge is -2.71. The first-order valence-corrected chi connectivity index (χ1v) is 36.4. The Labute approximate surface area is 604 Å². The maximum Gasteiger partial charge on any atom is 0.335 e. The van der Waals surface area contributed by atoms with Crippen molar-refractivity contribution in [3.8, 4) is 0 Å². The minimum Gasteiger partial charge on any atom is -0.479 e. The van der Waals surface area contributed by atoms with Gasteiger partial charge in [0.15, 0.2) is 49.9 Å². The van der Waals surface area contributed by atoms with Gasteiger partial charge in [-0.3, -0.25) is 4.79 Å². The van der Waals surface area contributed by atoms with Gasteiger partial charge in [0.1, 0.15) is 140 Å². The molecule has 12 rings (SSSR count). The third kappa shape index (κ3) is 14.0. The number of aldehydes is 1. The fraction of sp³-hybridized carbons (Fsp3) is 0.928. The molecule has 36 heteroatoms. The average molecular weight is 1510 g/mol. The summed E-state index contributed by atoms with van der Waals surface area (Å²) in [5, 5.41) is 209. The van der Waals surface area contributed by atoms with E-state index in [0.717, 1.165) is 11.9 Å². The van der Waals surface area contributed by atoms with E-state index in [1.807, 2.05) is 0 Å². The van der Waals surface area contributed by atoms with Crippen LogP contribution in [-0.4, -0.2) is 351 Å². The van der Waals surface area contributed by atoms with Crippen molar-refractivity contribution in [3.05, 3.63) is 11.6 Å². The Morgan fingerprint density at radius 1 is 0.495 bits per heavy atom. The molecule has 4 saturated carbocycles. The lowest BCUT2D eigenvalue weighted by atomic mass is 9.33. The van der Waals surface area contributed by atoms with Crippen molar-refractivity contribution in [2.24, 2.45) is 50.2 Å². The summed E-state index contributed by atoms with van der Waals surface area (Å²) in [6.07, 6.45) is -54.2. The number of aliphatic hydroxyl groups excluding tert-OH is 18. The van der Waals surface area contributed by atoms with Crippen molar-refractivity contribution in [2.75, 3.05) is 26.4 Å². The molecule has 0 aromatic heterocycles. The largest absolute Gasteiger partial charge is 0.479 e. The standard InChI is InChI=1S/C69H108O36/c1-24-36(76)41(81)53(103-59-46(86)42(82)49(25(2)96-59)99-58-48(88)50(30(74)22-94-58)100-56-43(83)37(77)28(72)20-92-56)61(95-24)105-63(91)69-16-15-64(3,4)17-27(69)26-9-10-33-65(5)13-12-35(66(6,23-71)32(65)11-14-67(33,7)68(26,8)18-34(69)75)98-62-54(104-60-45(85)40(80)39(79)31(19-70)97-60)51(47(87)52(102-62)55(89)90)101-57-44(84)38(78)29(73)21-93-57/h9,23-25,27-54,56-62,70,72-88H,10-22H2,1-8H3,(H,89,90)/t24-,25+,27+,28-,29-,30-,31-,32-,33-,34-,35+,36+,37+,38+,39+,40+,41+,42+,43-,44-,45-,46-,47+,48-,49+,50+,51+,52+,53-,54-,56+,57+,58+,59+,60+,61+,62-,65+,66+,67-,68-,69-/m1/s1. The van der Waals surface area contributed by atoms with Gasteiger partial charge < -0.3 is 168 Å². The average Bonchev–Trinajstić information content (AvgIpc) is 0.670. The van der Waals surface area contributed by atoms with Crippen LogP contribution in [0.5, 0.6) is 0 Å². The molecule has 7 heterocycles. The maximum absolute atomic E-state index is 15.7. The Morgan fingerprint density at radius 2 is 1.04 bits per heavy atom. The number of fused-ring (bicyclic) bond motifs is 7. The molecule has 5 aliphatic carbocycles. The van der Waals surface area contributed by atoms with Crippen LogP contribution in [0.25, 0.3) is 0 Å². The number of carbonyl (C=O) groups is 3. The Kier molecular flexibility index (Phi) is 23.7. The molecular formula is C69H108O36. The quantitative estimate of drug-likeness (QED) is 0.0279. The SMILES string of the molecule is C[C@@H]1O[C@@H](O[C@H]2[C@H](OC(=O)[C@]34CCC(C)(C)C[C@H]3C3=CC[C@@H]5[C@@]6(C)CC[C@H](O[C@@H]7O[C@H](C(=O)O)[C@@H](O)[C@H](O[C@@H]8OC[C@@H](O)[C@H](O)[C@H]8O)[C@H]7O[C@@H]7O[C@H](CO)[C@H](O)[C@H](O)[C@H]7O)[C@@](C)(C=O)[C@@H]6CC[C@@]5(C)[C@]3(C)C[C@H]4O)O[C@H](C)[C@H](O)[C@@H]2O)[C@H](O)[C@H](O)[C@H]1O[C@@H]1OC[C@@H](O)[C@H](O[C@@H]2OC[C@@H](O)[C@H](O)[C@H]2O)[C@H]1O. The van der Waals surface area contributed by atoms with Crippen molar-refractivity contribution < 1.29 is 178 Å². The number of carboxylic acid groups (broad SMARTS) is 1. The summed E-state index contributed by atoms with van der Waals surface area (Å²) in [4.78, 5) is 43.0. The predicted octanol–water partition coefficient (Wildman–Crippen LogP) is -6.35. The number of hydrogen-bond donors (Lipinski definition) is 19. The van der Waals surface area contributed by atoms with Gasteiger partial charge >= 0.3 is 11.9 Å². The molecule has 42 atom stereocenters. The zero-order valence-corrected chi connectivity index (χ0v) is 59.6. The van der Waals surface area contributed by atoms with E-state index in [1.54, 1.807) is 6.92 Å². The molecule has 0 unspecified atom stereocenters. The number of allylic oxidation sites excluding steroid dienone is 2. The molecule has 0 aromatic carbocycles. The van der Waals surface area contributed by atoms with Crippen LogP contribution in [0.3, 0.4) is 0 Å². The van der Waals surface area contributed by atoms with Crippen LogP contribution in [0.1, 0.15) is 113 Å². The smallest absolute Gasteiger partial charge is 0.335 e. The summed E-state index contributed by atoms with van der Waals surface area (Å²) >= 11 is 0. The van der Waals surface area contributed by atoms with Crippen LogP contribution in [0.4, 0.5) is 0 Å². The van der Waals surface area contributed by atoms with Crippen LogP contribution >= 0.6 is 0 Å². The molecule has 0 spiro atoms. The third-order valence-electron chi connectivity index (χ3n) is 26.5. The van der Waals surface area contributed by atoms with E-state index < -0.39 is 292 Å². The number of ether oxygens (including phenoxy) is 14. The molecule has 0 amide bonds. The number of aliphatic carboxylic acids is 1. The molecule has 105 heavy (non-hydrogen) atoms. The van der Waals surface area contributed by atoms with Gasteiger partial charge in [0.2, 0.25) is 6.29 Å². The number of aliphatic hydroxyl groups is 18. The van der Waals surface area contributed by atoms with E-state index >= 15 is 4.79 Å². The molecule has 7 aliphatic heterocycles. The van der Waals surface area contributed by atoms with Gasteiger partial charge in [0, 0.05) is 0 Å². The molecule has 19 N–H and O–H groups in total. The molecule has 0 radical (unpaired) electrons. The molecule has 36 nitrogen and oxygen atoms in total. The summed E-state index contributed by atoms with van der Waals surface area (Å²) in [7, 11) is 0. The lowest BCUT2D eigenvalue weighted by Crippen LogP contribution is -2.69. The highest BCUT2D eigenvalue weighted by Gasteiger charge is 2.73. The fourth-order valence-electron chi connectivity index (χ4n) is 20.0. The first-order chi connectivity index (χ1) is 49.2. The highest BCUT2D eigenvalue weighted by molar-refractivity contribution is 5.80. The minimum atomic E-state index is -2.22. The van der Waals surface area contributed by atoms with Crippen LogP contribution in [0.15, 0.2) is 11.6 Å². The second-order valence-electron chi connectivity index (χ2n) is 33.1. The lowest BCUT2D eigenvalue weighted by molar-refractivity contribution is -0.391. The normalized spacial score (nSPS) is 55.1. The first-order valence-electron chi connectivity index (χ1n) is 36.4. The van der Waals surface area contributed by atoms with Crippen LogP contribution in [0.2, 0.25) is 0 Å². The molecule has 11 fully saturated rings. The number of carbonyl (C=O) groups excluding carboxylic acids is 2. The van der Waals surface area contributed by atoms with E-state index in [2.05, 4.69) is 40.7 Å². The second kappa shape index (κ2) is 30.6. The van der Waals surface area contributed by atoms with E-state index in [1.165, 1.54) is 13.8 Å². The zero-order chi connectivity index (χ0) is 76.6. The van der Waals surface area contributed by atoms with E-state index in [4.69, 9.17) is 66.3 Å². The molecule has 0 aromatic rings. The highest BCUT2D eigenvalue weighted by Crippen LogP contribution is 2.76. The summed E-state index contributed by atoms with van der Waals surface area (Å²) in [6.45, 7) is 12.6. The molecule has 600 valence electrons. The molecule has 12 aliphatic rings. The Hall–Kier alpha value is -2.89. The number of esters is 1. The maximum atomic E-state index is 15.7. The van der Waals surface area contributed by atoms with Crippen molar-refractivity contribution in [3.63, 3.8) is 0 Å². The van der Waals surface area contributed by atoms with E-state index in [9.17, 15) is 107 Å². The van der Waals surface area contributed by atoms with E-state index in [-0.39, 0.29) is 25.2 Å². The van der Waals surface area contributed by atoms with Gasteiger partial charge in [-0.15, -0.1) is 0 Å². The van der Waals surface area contributed by atoms with Crippen LogP contribution in [-0.2, 0) is 80.7 Å². The molecule has 7 saturated heterocycles. The second-order valence-corrected chi connectivity index (χ2v) is 33.1. The Bertz CT molecular complexity index is 3080. The van der Waals surface area contributed by atoms with Gasteiger partial charge in [-0.2, -0.15) is 0 Å². The summed E-state index contributed by atoms with van der Waals surface area (Å²) in [5.74, 6) is -4.03. The van der Waals surface area contributed by atoms with E-state index in [0.29, 0.717) is 38.5 Å². The number of hydrogen-bond acceptors (Lipinski definition) is 35. The van der Waals surface area contributed by atoms with Crippen molar-refractivity contribution in [1.29, 1.82) is 0 Å². The summed E-state index contributed by atoms with van der Waals surface area (Å²) in [6, 6.07) is 0. The van der Waals surface area contributed by atoms with Crippen molar-refractivity contribution >= 4 is 18.2 Å². The number of rotatable bonds is 17. The summed E-state index contributed by atoms with van der Waals surface area (Å²) in [5.41, 5.74) is -4.79. The molecular weight excluding hydrogens is 1400 g/mol. The Morgan fingerprint density at radius 3 is 1.66 bits per heavy atom. The monoisotopic (exact) mass is 1510 g/mol. The Balaban J connectivity index is 0.777. The number of carboxylic acids is 1. The van der Waals surface area contributed by atoms with Gasteiger partial charge in [-0.1, -0.05) is 53.2 Å².